The van der Waals surface area contributed by atoms with Gasteiger partial charge in [0.15, 0.2) is 0 Å². The molecule has 0 aromatic heterocycles. The van der Waals surface area contributed by atoms with Gasteiger partial charge in [-0.15, -0.1) is 0 Å². The number of halogens is 2. The molecule has 8 nitrogen and oxygen atoms in total. The van der Waals surface area contributed by atoms with Crippen molar-refractivity contribution in [1.82, 2.24) is 5.43 Å². The first-order valence-corrected chi connectivity index (χ1v) is 11.3. The number of rotatable bonds is 9. The van der Waals surface area contributed by atoms with Gasteiger partial charge in [0.1, 0.15) is 11.5 Å². The van der Waals surface area contributed by atoms with E-state index in [-0.39, 0.29) is 16.2 Å². The number of alkyl halides is 2. The molecule has 11 heteroatoms. The number of carbonyl (C=O) groups excluding carboxylic acids is 1. The van der Waals surface area contributed by atoms with E-state index < -0.39 is 22.5 Å². The molecule has 0 fully saturated rings. The SMILES string of the molecule is COc1ccc(NS(=O)(=O)c2cccc(C(=O)N/N=C(/C)c3ccc(OC(F)F)cc3)c2)cc1. The van der Waals surface area contributed by atoms with Crippen molar-refractivity contribution in [2.75, 3.05) is 11.8 Å². The van der Waals surface area contributed by atoms with Crippen LogP contribution in [-0.2, 0) is 10.0 Å². The molecule has 2 N–H and O–H groups in total. The molecule has 34 heavy (non-hydrogen) atoms. The number of hydrogen-bond acceptors (Lipinski definition) is 6. The number of nitrogens with zero attached hydrogens (tertiary/aromatic N) is 1. The van der Waals surface area contributed by atoms with Crippen molar-refractivity contribution in [3.63, 3.8) is 0 Å². The number of amides is 1. The van der Waals surface area contributed by atoms with E-state index in [4.69, 9.17) is 4.74 Å². The van der Waals surface area contributed by atoms with E-state index in [1.807, 2.05) is 0 Å². The first kappa shape index (κ1) is 24.6. The molecule has 3 rings (SSSR count). The Labute approximate surface area is 195 Å². The molecule has 3 aromatic carbocycles. The van der Waals surface area contributed by atoms with Crippen LogP contribution in [0, 0.1) is 0 Å². The second-order valence-corrected chi connectivity index (χ2v) is 8.59. The fraction of sp³-hybridized carbons (Fsp3) is 0.130. The van der Waals surface area contributed by atoms with E-state index in [0.717, 1.165) is 0 Å². The van der Waals surface area contributed by atoms with Crippen LogP contribution in [0.1, 0.15) is 22.8 Å². The highest BCUT2D eigenvalue weighted by Gasteiger charge is 2.17. The number of ether oxygens (including phenoxy) is 2. The summed E-state index contributed by atoms with van der Waals surface area (Å²) in [5.41, 5.74) is 3.74. The van der Waals surface area contributed by atoms with E-state index in [1.165, 1.54) is 55.6 Å². The second kappa shape index (κ2) is 10.8. The zero-order valence-corrected chi connectivity index (χ0v) is 19.0. The van der Waals surface area contributed by atoms with Gasteiger partial charge in [-0.2, -0.15) is 13.9 Å². The third-order valence-corrected chi connectivity index (χ3v) is 5.95. The van der Waals surface area contributed by atoms with Crippen LogP contribution in [0.25, 0.3) is 0 Å². The van der Waals surface area contributed by atoms with Gasteiger partial charge >= 0.3 is 6.61 Å². The van der Waals surface area contributed by atoms with Crippen molar-refractivity contribution in [2.24, 2.45) is 5.10 Å². The summed E-state index contributed by atoms with van der Waals surface area (Å²) >= 11 is 0. The Balaban J connectivity index is 1.69. The molecule has 0 saturated carbocycles. The van der Waals surface area contributed by atoms with Gasteiger partial charge in [-0.1, -0.05) is 6.07 Å². The van der Waals surface area contributed by atoms with Crippen molar-refractivity contribution < 1.29 is 31.5 Å². The molecule has 0 aliphatic heterocycles. The molecule has 0 unspecified atom stereocenters. The Morgan fingerprint density at radius 3 is 2.21 bits per heavy atom. The van der Waals surface area contributed by atoms with Crippen LogP contribution < -0.4 is 19.6 Å². The van der Waals surface area contributed by atoms with E-state index in [1.54, 1.807) is 31.2 Å². The number of hydrogen-bond donors (Lipinski definition) is 2. The third kappa shape index (κ3) is 6.51. The molecule has 0 atom stereocenters. The molecule has 178 valence electrons. The van der Waals surface area contributed by atoms with Crippen LogP contribution in [-0.4, -0.2) is 33.8 Å². The zero-order chi connectivity index (χ0) is 24.7. The quantitative estimate of drug-likeness (QED) is 0.345. The molecule has 0 heterocycles. The summed E-state index contributed by atoms with van der Waals surface area (Å²) in [6, 6.07) is 17.5. The Morgan fingerprint density at radius 2 is 1.59 bits per heavy atom. The van der Waals surface area contributed by atoms with E-state index in [0.29, 0.717) is 22.7 Å². The zero-order valence-electron chi connectivity index (χ0n) is 18.2. The highest BCUT2D eigenvalue weighted by atomic mass is 32.2. The monoisotopic (exact) mass is 489 g/mol. The summed E-state index contributed by atoms with van der Waals surface area (Å²) in [6.45, 7) is -1.31. The molecule has 1 amide bonds. The maximum atomic E-state index is 12.7. The standard InChI is InChI=1S/C23H21F2N3O5S/c1-15(16-6-10-20(11-7-16)33-23(24)25)26-27-22(29)17-4-3-5-21(14-17)34(30,31)28-18-8-12-19(32-2)13-9-18/h3-14,23,28H,1-2H3,(H,27,29)/b26-15-. The minimum absolute atomic E-state index is 0.00291. The minimum atomic E-state index is -3.95. The first-order valence-electron chi connectivity index (χ1n) is 9.85. The van der Waals surface area contributed by atoms with Gasteiger partial charge in [0.2, 0.25) is 0 Å². The Bertz CT molecular complexity index is 1280. The number of carbonyl (C=O) groups is 1. The second-order valence-electron chi connectivity index (χ2n) is 6.90. The van der Waals surface area contributed by atoms with Gasteiger partial charge in [0, 0.05) is 11.3 Å². The van der Waals surface area contributed by atoms with Gasteiger partial charge in [0.25, 0.3) is 15.9 Å². The average Bonchev–Trinajstić information content (AvgIpc) is 2.82. The van der Waals surface area contributed by atoms with Crippen LogP contribution in [0.4, 0.5) is 14.5 Å². The number of anilines is 1. The summed E-state index contributed by atoms with van der Waals surface area (Å²) in [7, 11) is -2.45. The molecule has 3 aromatic rings. The van der Waals surface area contributed by atoms with Crippen LogP contribution in [0.15, 0.2) is 82.8 Å². The normalized spacial score (nSPS) is 11.7. The first-order chi connectivity index (χ1) is 16.2. The van der Waals surface area contributed by atoms with Crippen molar-refractivity contribution in [3.8, 4) is 11.5 Å². The summed E-state index contributed by atoms with van der Waals surface area (Å²) in [5.74, 6) is -0.0507. The Morgan fingerprint density at radius 1 is 0.941 bits per heavy atom. The molecule has 0 saturated heterocycles. The third-order valence-electron chi connectivity index (χ3n) is 4.57. The van der Waals surface area contributed by atoms with Gasteiger partial charge < -0.3 is 9.47 Å². The largest absolute Gasteiger partial charge is 0.497 e. The smallest absolute Gasteiger partial charge is 0.387 e. The molecular weight excluding hydrogens is 468 g/mol. The Kier molecular flexibility index (Phi) is 7.79. The van der Waals surface area contributed by atoms with Gasteiger partial charge in [-0.3, -0.25) is 9.52 Å². The Hall–Kier alpha value is -3.99. The maximum absolute atomic E-state index is 12.7. The van der Waals surface area contributed by atoms with E-state index >= 15 is 0 Å². The lowest BCUT2D eigenvalue weighted by Gasteiger charge is -2.10. The molecule has 0 spiro atoms. The molecule has 0 aliphatic rings. The maximum Gasteiger partial charge on any atom is 0.387 e. The van der Waals surface area contributed by atoms with Crippen molar-refractivity contribution in [2.45, 2.75) is 18.4 Å². The summed E-state index contributed by atoms with van der Waals surface area (Å²) in [4.78, 5) is 12.4. The lowest BCUT2D eigenvalue weighted by Crippen LogP contribution is -2.20. The lowest BCUT2D eigenvalue weighted by atomic mass is 10.1. The summed E-state index contributed by atoms with van der Waals surface area (Å²) < 4.78 is 61.7. The van der Waals surface area contributed by atoms with Gasteiger partial charge in [0.05, 0.1) is 17.7 Å². The number of hydrazone groups is 1. The molecular formula is C23H21F2N3O5S. The van der Waals surface area contributed by atoms with Crippen LogP contribution in [0.2, 0.25) is 0 Å². The fourth-order valence-electron chi connectivity index (χ4n) is 2.82. The highest BCUT2D eigenvalue weighted by molar-refractivity contribution is 7.92. The topological polar surface area (TPSA) is 106 Å². The molecule has 0 aliphatic carbocycles. The number of nitrogens with one attached hydrogen (secondary N) is 2. The number of methoxy groups -OCH3 is 1. The van der Waals surface area contributed by atoms with Crippen molar-refractivity contribution >= 4 is 27.3 Å². The van der Waals surface area contributed by atoms with Gasteiger partial charge in [-0.25, -0.2) is 13.8 Å². The van der Waals surface area contributed by atoms with Crippen molar-refractivity contribution in [3.05, 3.63) is 83.9 Å². The molecule has 0 radical (unpaired) electrons. The predicted octanol–water partition coefficient (Wildman–Crippen LogP) is 4.25. The van der Waals surface area contributed by atoms with E-state index in [9.17, 15) is 22.0 Å². The lowest BCUT2D eigenvalue weighted by molar-refractivity contribution is -0.0498. The minimum Gasteiger partial charge on any atom is -0.497 e. The average molecular weight is 490 g/mol. The predicted molar refractivity (Wildman–Crippen MR) is 123 cm³/mol. The van der Waals surface area contributed by atoms with Crippen LogP contribution >= 0.6 is 0 Å². The van der Waals surface area contributed by atoms with Crippen LogP contribution in [0.5, 0.6) is 11.5 Å². The fourth-order valence-corrected chi connectivity index (χ4v) is 3.92. The number of sulfonamides is 1. The molecule has 0 bridgehead atoms. The summed E-state index contributed by atoms with van der Waals surface area (Å²) in [5, 5.41) is 3.99. The highest BCUT2D eigenvalue weighted by Crippen LogP contribution is 2.20. The number of benzene rings is 3. The van der Waals surface area contributed by atoms with Crippen LogP contribution in [0.3, 0.4) is 0 Å². The van der Waals surface area contributed by atoms with Gasteiger partial charge in [-0.05, 0) is 79.2 Å². The van der Waals surface area contributed by atoms with Crippen molar-refractivity contribution in [1.29, 1.82) is 0 Å². The summed E-state index contributed by atoms with van der Waals surface area (Å²) in [6.07, 6.45) is 0. The van der Waals surface area contributed by atoms with E-state index in [2.05, 4.69) is 20.0 Å².